The summed E-state index contributed by atoms with van der Waals surface area (Å²) in [5.41, 5.74) is 0.522. The van der Waals surface area contributed by atoms with Crippen LogP contribution in [0.2, 0.25) is 10.3 Å². The number of ketones is 1. The lowest BCUT2D eigenvalue weighted by molar-refractivity contribution is -0.114. The zero-order valence-corrected chi connectivity index (χ0v) is 9.60. The first-order chi connectivity index (χ1) is 7.08. The summed E-state index contributed by atoms with van der Waals surface area (Å²) in [4.78, 5) is 15.0. The Morgan fingerprint density at radius 1 is 1.67 bits per heavy atom. The average Bonchev–Trinajstić information content (AvgIpc) is 2.21. The lowest BCUT2D eigenvalue weighted by Gasteiger charge is -2.08. The van der Waals surface area contributed by atoms with Gasteiger partial charge in [-0.1, -0.05) is 29.8 Å². The Bertz CT molecular complexity index is 405. The molecule has 0 N–H and O–H groups in total. The highest BCUT2D eigenvalue weighted by molar-refractivity contribution is 6.33. The number of aromatic nitrogens is 1. The van der Waals surface area contributed by atoms with Crippen LogP contribution < -0.4 is 4.74 Å². The van der Waals surface area contributed by atoms with Crippen molar-refractivity contribution in [1.82, 2.24) is 4.98 Å². The summed E-state index contributed by atoms with van der Waals surface area (Å²) in [6.45, 7) is 3.38. The number of pyridine rings is 1. The van der Waals surface area contributed by atoms with Crippen LogP contribution in [0, 0.1) is 0 Å². The molecule has 1 aromatic heterocycles. The number of ether oxygens (including phenoxy) is 1. The van der Waals surface area contributed by atoms with Crippen LogP contribution in [0.5, 0.6) is 5.75 Å². The van der Waals surface area contributed by atoms with Crippen molar-refractivity contribution in [3.8, 4) is 5.75 Å². The molecule has 0 radical (unpaired) electrons. The van der Waals surface area contributed by atoms with Crippen molar-refractivity contribution in [3.05, 3.63) is 34.6 Å². The highest BCUT2D eigenvalue weighted by Gasteiger charge is 2.13. The van der Waals surface area contributed by atoms with E-state index in [-0.39, 0.29) is 22.5 Å². The van der Waals surface area contributed by atoms with Crippen molar-refractivity contribution >= 4 is 29.0 Å². The number of methoxy groups -OCH3 is 1. The van der Waals surface area contributed by atoms with Gasteiger partial charge in [0.1, 0.15) is 16.1 Å². The first-order valence-corrected chi connectivity index (χ1v) is 4.88. The van der Waals surface area contributed by atoms with Gasteiger partial charge >= 0.3 is 0 Å². The number of carbonyl (C=O) groups is 1. The molecular formula is C10H9Cl2NO2. The predicted molar refractivity (Wildman–Crippen MR) is 59.7 cm³/mol. The Morgan fingerprint density at radius 2 is 2.33 bits per heavy atom. The molecular weight excluding hydrogens is 237 g/mol. The fourth-order valence-electron chi connectivity index (χ4n) is 1.08. The van der Waals surface area contributed by atoms with Gasteiger partial charge < -0.3 is 4.74 Å². The molecule has 0 aromatic carbocycles. The van der Waals surface area contributed by atoms with Crippen LogP contribution in [-0.4, -0.2) is 17.9 Å². The number of hydrogen-bond donors (Lipinski definition) is 0. The lowest BCUT2D eigenvalue weighted by atomic mass is 10.1. The number of rotatable bonds is 4. The van der Waals surface area contributed by atoms with E-state index in [4.69, 9.17) is 27.9 Å². The maximum Gasteiger partial charge on any atom is 0.159 e. The number of allylic oxidation sites excluding steroid dienone is 1. The van der Waals surface area contributed by atoms with Crippen molar-refractivity contribution < 1.29 is 9.53 Å². The zero-order chi connectivity index (χ0) is 11.4. The van der Waals surface area contributed by atoms with Gasteiger partial charge in [0.25, 0.3) is 0 Å². The number of hydrogen-bond acceptors (Lipinski definition) is 3. The molecule has 1 rings (SSSR count). The third-order valence-corrected chi connectivity index (χ3v) is 2.31. The smallest absolute Gasteiger partial charge is 0.159 e. The van der Waals surface area contributed by atoms with E-state index in [1.165, 1.54) is 19.3 Å². The van der Waals surface area contributed by atoms with Gasteiger partial charge in [-0.3, -0.25) is 4.79 Å². The number of carbonyl (C=O) groups excluding carboxylic acids is 1. The molecule has 0 saturated heterocycles. The van der Waals surface area contributed by atoms with Crippen LogP contribution >= 0.6 is 23.2 Å². The highest BCUT2D eigenvalue weighted by atomic mass is 35.5. The normalized spacial score (nSPS) is 9.80. The van der Waals surface area contributed by atoms with E-state index < -0.39 is 0 Å². The molecule has 0 bridgehead atoms. The molecule has 0 unspecified atom stereocenters. The largest absolute Gasteiger partial charge is 0.496 e. The average molecular weight is 246 g/mol. The van der Waals surface area contributed by atoms with E-state index in [1.54, 1.807) is 0 Å². The van der Waals surface area contributed by atoms with Crippen molar-refractivity contribution in [2.45, 2.75) is 6.42 Å². The second kappa shape index (κ2) is 5.14. The van der Waals surface area contributed by atoms with Gasteiger partial charge in [0.15, 0.2) is 5.78 Å². The van der Waals surface area contributed by atoms with Crippen LogP contribution in [0.3, 0.4) is 0 Å². The van der Waals surface area contributed by atoms with E-state index in [0.717, 1.165) is 0 Å². The summed E-state index contributed by atoms with van der Waals surface area (Å²) >= 11 is 11.5. The summed E-state index contributed by atoms with van der Waals surface area (Å²) < 4.78 is 5.06. The first kappa shape index (κ1) is 12.0. The van der Waals surface area contributed by atoms with E-state index in [0.29, 0.717) is 11.3 Å². The third-order valence-electron chi connectivity index (χ3n) is 1.80. The summed E-state index contributed by atoms with van der Waals surface area (Å²) in [5, 5.41) is 0.404. The molecule has 0 atom stereocenters. The lowest BCUT2D eigenvalue weighted by Crippen LogP contribution is -2.03. The van der Waals surface area contributed by atoms with Gasteiger partial charge in [-0.25, -0.2) is 4.98 Å². The summed E-state index contributed by atoms with van der Waals surface area (Å²) in [5.74, 6) is 0.300. The maximum atomic E-state index is 11.2. The van der Waals surface area contributed by atoms with Crippen LogP contribution in [0.1, 0.15) is 5.56 Å². The van der Waals surface area contributed by atoms with Crippen LogP contribution in [0.25, 0.3) is 0 Å². The Balaban J connectivity index is 3.14. The van der Waals surface area contributed by atoms with Gasteiger partial charge in [0.2, 0.25) is 0 Å². The fourth-order valence-corrected chi connectivity index (χ4v) is 1.56. The first-order valence-electron chi connectivity index (χ1n) is 4.12. The van der Waals surface area contributed by atoms with E-state index in [1.807, 2.05) is 0 Å². The van der Waals surface area contributed by atoms with Gasteiger partial charge in [-0.05, 0) is 6.08 Å². The Kier molecular flexibility index (Phi) is 4.12. The maximum absolute atomic E-state index is 11.2. The number of nitrogens with zero attached hydrogens (tertiary/aromatic N) is 1. The van der Waals surface area contributed by atoms with Crippen LogP contribution in [0.4, 0.5) is 0 Å². The van der Waals surface area contributed by atoms with Crippen molar-refractivity contribution in [2.24, 2.45) is 0 Å². The monoisotopic (exact) mass is 245 g/mol. The quantitative estimate of drug-likeness (QED) is 0.605. The molecule has 0 amide bonds. The Morgan fingerprint density at radius 3 is 2.87 bits per heavy atom. The fraction of sp³-hybridized carbons (Fsp3) is 0.200. The minimum Gasteiger partial charge on any atom is -0.496 e. The summed E-state index contributed by atoms with van der Waals surface area (Å²) in [6.07, 6.45) is 1.33. The van der Waals surface area contributed by atoms with Crippen LogP contribution in [0.15, 0.2) is 18.7 Å². The molecule has 15 heavy (non-hydrogen) atoms. The Hall–Kier alpha value is -1.06. The molecule has 1 aromatic rings. The second-order valence-electron chi connectivity index (χ2n) is 2.76. The molecule has 1 heterocycles. The third kappa shape index (κ3) is 2.94. The SMILES string of the molecule is C=CC(=O)Cc1c(OC)cc(Cl)nc1Cl. The predicted octanol–water partition coefficient (Wildman–Crippen LogP) is 2.69. The minimum absolute atomic E-state index is 0.107. The van der Waals surface area contributed by atoms with Crippen LogP contribution in [-0.2, 0) is 11.2 Å². The highest BCUT2D eigenvalue weighted by Crippen LogP contribution is 2.28. The summed E-state index contributed by atoms with van der Waals surface area (Å²) in [6, 6.07) is 1.51. The molecule has 0 aliphatic heterocycles. The van der Waals surface area contributed by atoms with Crippen molar-refractivity contribution in [2.75, 3.05) is 7.11 Å². The second-order valence-corrected chi connectivity index (χ2v) is 3.51. The molecule has 0 spiro atoms. The molecule has 0 fully saturated rings. The van der Waals surface area contributed by atoms with Gasteiger partial charge in [-0.2, -0.15) is 0 Å². The summed E-state index contributed by atoms with van der Waals surface area (Å²) in [7, 11) is 1.48. The zero-order valence-electron chi connectivity index (χ0n) is 8.09. The molecule has 5 heteroatoms. The van der Waals surface area contributed by atoms with Crippen molar-refractivity contribution in [3.63, 3.8) is 0 Å². The molecule has 0 aliphatic rings. The molecule has 3 nitrogen and oxygen atoms in total. The minimum atomic E-state index is -0.153. The van der Waals surface area contributed by atoms with Crippen molar-refractivity contribution in [1.29, 1.82) is 0 Å². The molecule has 0 saturated carbocycles. The standard InChI is InChI=1S/C10H9Cl2NO2/c1-3-6(14)4-7-8(15-2)5-9(11)13-10(7)12/h3,5H,1,4H2,2H3. The van der Waals surface area contributed by atoms with Gasteiger partial charge in [0.05, 0.1) is 7.11 Å². The number of halogens is 2. The van der Waals surface area contributed by atoms with E-state index in [9.17, 15) is 4.79 Å². The van der Waals surface area contributed by atoms with Gasteiger partial charge in [0, 0.05) is 18.1 Å². The Labute approximate surface area is 97.7 Å². The topological polar surface area (TPSA) is 39.2 Å². The van der Waals surface area contributed by atoms with E-state index in [2.05, 4.69) is 11.6 Å². The van der Waals surface area contributed by atoms with Gasteiger partial charge in [-0.15, -0.1) is 0 Å². The molecule has 0 aliphatic carbocycles. The van der Waals surface area contributed by atoms with E-state index >= 15 is 0 Å². The molecule has 80 valence electrons.